The van der Waals surface area contributed by atoms with Gasteiger partial charge in [0.25, 0.3) is 0 Å². The monoisotopic (exact) mass is 344 g/mol. The Kier molecular flexibility index (Phi) is 8.50. The molecule has 0 bridgehead atoms. The summed E-state index contributed by atoms with van der Waals surface area (Å²) in [6.45, 7) is 2.19. The zero-order chi connectivity index (χ0) is 17.9. The highest BCUT2D eigenvalue weighted by Crippen LogP contribution is 2.25. The van der Waals surface area contributed by atoms with Gasteiger partial charge in [0.1, 0.15) is 0 Å². The van der Waals surface area contributed by atoms with Crippen molar-refractivity contribution in [1.29, 1.82) is 0 Å². The first-order valence-corrected chi connectivity index (χ1v) is 9.90. The zero-order valence-corrected chi connectivity index (χ0v) is 15.5. The molecule has 1 aliphatic carbocycles. The second-order valence-corrected chi connectivity index (χ2v) is 7.11. The van der Waals surface area contributed by atoms with E-state index in [1.807, 2.05) is 24.3 Å². The Morgan fingerprint density at radius 1 is 0.880 bits per heavy atom. The molecule has 2 N–H and O–H groups in total. The third kappa shape index (κ3) is 7.29. The van der Waals surface area contributed by atoms with Gasteiger partial charge in [-0.15, -0.1) is 0 Å². The Labute approximate surface area is 151 Å². The van der Waals surface area contributed by atoms with Crippen LogP contribution >= 0.6 is 0 Å². The minimum absolute atomic E-state index is 0.0653. The second-order valence-electron chi connectivity index (χ2n) is 7.11. The quantitative estimate of drug-likeness (QED) is 0.581. The topological polar surface area (TPSA) is 58.2 Å². The molecule has 0 atom stereocenters. The largest absolute Gasteiger partial charge is 0.326 e. The summed E-state index contributed by atoms with van der Waals surface area (Å²) < 4.78 is 0. The predicted octanol–water partition coefficient (Wildman–Crippen LogP) is 5.50. The van der Waals surface area contributed by atoms with Crippen molar-refractivity contribution >= 4 is 23.2 Å². The molecular formula is C21H32N2O2. The van der Waals surface area contributed by atoms with Crippen LogP contribution in [0.15, 0.2) is 24.3 Å². The Morgan fingerprint density at radius 2 is 1.48 bits per heavy atom. The highest BCUT2D eigenvalue weighted by Gasteiger charge is 2.20. The maximum absolute atomic E-state index is 12.2. The molecule has 4 heteroatoms. The third-order valence-corrected chi connectivity index (χ3v) is 4.92. The van der Waals surface area contributed by atoms with Crippen LogP contribution in [-0.2, 0) is 9.59 Å². The summed E-state index contributed by atoms with van der Waals surface area (Å²) in [7, 11) is 0. The van der Waals surface area contributed by atoms with E-state index in [0.717, 1.165) is 49.9 Å². The van der Waals surface area contributed by atoms with Crippen LogP contribution < -0.4 is 10.6 Å². The Bertz CT molecular complexity index is 533. The van der Waals surface area contributed by atoms with E-state index in [4.69, 9.17) is 0 Å². The average Bonchev–Trinajstić information content (AvgIpc) is 2.64. The van der Waals surface area contributed by atoms with Gasteiger partial charge in [-0.2, -0.15) is 0 Å². The van der Waals surface area contributed by atoms with Gasteiger partial charge in [0.2, 0.25) is 11.8 Å². The molecule has 0 aromatic heterocycles. The van der Waals surface area contributed by atoms with Crippen LogP contribution in [0.1, 0.15) is 77.6 Å². The summed E-state index contributed by atoms with van der Waals surface area (Å²) >= 11 is 0. The van der Waals surface area contributed by atoms with Crippen LogP contribution in [0.25, 0.3) is 0 Å². The predicted molar refractivity (Wildman–Crippen MR) is 104 cm³/mol. The normalized spacial score (nSPS) is 14.9. The van der Waals surface area contributed by atoms with Crippen molar-refractivity contribution in [2.75, 3.05) is 10.6 Å². The number of carbonyl (C=O) groups is 2. The maximum Gasteiger partial charge on any atom is 0.227 e. The number of carbonyl (C=O) groups excluding carboxylic acids is 2. The molecule has 1 aromatic carbocycles. The van der Waals surface area contributed by atoms with E-state index in [0.29, 0.717) is 6.42 Å². The smallest absolute Gasteiger partial charge is 0.227 e. The molecule has 0 heterocycles. The highest BCUT2D eigenvalue weighted by molar-refractivity contribution is 5.94. The highest BCUT2D eigenvalue weighted by atomic mass is 16.2. The van der Waals surface area contributed by atoms with E-state index in [9.17, 15) is 9.59 Å². The van der Waals surface area contributed by atoms with Crippen molar-refractivity contribution in [1.82, 2.24) is 0 Å². The van der Waals surface area contributed by atoms with Gasteiger partial charge < -0.3 is 10.6 Å². The lowest BCUT2D eigenvalue weighted by Crippen LogP contribution is -2.24. The number of unbranched alkanes of at least 4 members (excludes halogenated alkanes) is 4. The summed E-state index contributed by atoms with van der Waals surface area (Å²) in [4.78, 5) is 24.2. The molecule has 4 nitrogen and oxygen atoms in total. The van der Waals surface area contributed by atoms with Gasteiger partial charge >= 0.3 is 0 Å². The van der Waals surface area contributed by atoms with Crippen molar-refractivity contribution in [3.05, 3.63) is 24.3 Å². The molecule has 1 aromatic rings. The molecule has 0 radical (unpaired) electrons. The van der Waals surface area contributed by atoms with Gasteiger partial charge in [-0.05, 0) is 43.5 Å². The number of nitrogens with one attached hydrogen (secondary N) is 2. The number of amides is 2. The molecule has 1 saturated carbocycles. The maximum atomic E-state index is 12.2. The van der Waals surface area contributed by atoms with Crippen LogP contribution in [0.3, 0.4) is 0 Å². The van der Waals surface area contributed by atoms with E-state index in [-0.39, 0.29) is 17.7 Å². The molecule has 0 spiro atoms. The summed E-state index contributed by atoms with van der Waals surface area (Å²) in [5, 5.41) is 5.92. The minimum atomic E-state index is 0.0653. The van der Waals surface area contributed by atoms with Gasteiger partial charge in [-0.3, -0.25) is 9.59 Å². The molecule has 0 aliphatic heterocycles. The lowest BCUT2D eigenvalue weighted by molar-refractivity contribution is -0.120. The number of benzene rings is 1. The van der Waals surface area contributed by atoms with Crippen molar-refractivity contribution in [3.8, 4) is 0 Å². The van der Waals surface area contributed by atoms with Crippen molar-refractivity contribution in [3.63, 3.8) is 0 Å². The molecule has 25 heavy (non-hydrogen) atoms. The van der Waals surface area contributed by atoms with Crippen molar-refractivity contribution < 1.29 is 9.59 Å². The first-order valence-electron chi connectivity index (χ1n) is 9.90. The first-order chi connectivity index (χ1) is 12.2. The summed E-state index contributed by atoms with van der Waals surface area (Å²) in [6, 6.07) is 7.42. The van der Waals surface area contributed by atoms with Crippen molar-refractivity contribution in [2.24, 2.45) is 5.92 Å². The number of hydrogen-bond acceptors (Lipinski definition) is 2. The fourth-order valence-corrected chi connectivity index (χ4v) is 3.36. The van der Waals surface area contributed by atoms with Gasteiger partial charge in [-0.1, -0.05) is 51.9 Å². The fraction of sp³-hybridized carbons (Fsp3) is 0.619. The molecule has 0 unspecified atom stereocenters. The van der Waals surface area contributed by atoms with Crippen molar-refractivity contribution in [2.45, 2.75) is 77.6 Å². The third-order valence-electron chi connectivity index (χ3n) is 4.92. The van der Waals surface area contributed by atoms with Crippen LogP contribution in [0.5, 0.6) is 0 Å². The van der Waals surface area contributed by atoms with E-state index in [1.165, 1.54) is 25.7 Å². The fourth-order valence-electron chi connectivity index (χ4n) is 3.36. The SMILES string of the molecule is CCCCCCCC(=O)Nc1ccc(NC(=O)C2CCCCC2)cc1. The van der Waals surface area contributed by atoms with E-state index < -0.39 is 0 Å². The standard InChI is InChI=1S/C21H32N2O2/c1-2-3-4-5-9-12-20(24)22-18-13-15-19(16-14-18)23-21(25)17-10-7-6-8-11-17/h13-17H,2-12H2,1H3,(H,22,24)(H,23,25). The van der Waals surface area contributed by atoms with Gasteiger partial charge in [0.15, 0.2) is 0 Å². The van der Waals surface area contributed by atoms with Gasteiger partial charge in [-0.25, -0.2) is 0 Å². The van der Waals surface area contributed by atoms with Crippen LogP contribution in [0.2, 0.25) is 0 Å². The molecule has 138 valence electrons. The Hall–Kier alpha value is -1.84. The first kappa shape index (κ1) is 19.5. The molecule has 0 saturated heterocycles. The van der Waals surface area contributed by atoms with Crippen LogP contribution in [0.4, 0.5) is 11.4 Å². The summed E-state index contributed by atoms with van der Waals surface area (Å²) in [5.74, 6) is 0.347. The zero-order valence-electron chi connectivity index (χ0n) is 15.5. The van der Waals surface area contributed by atoms with E-state index in [2.05, 4.69) is 17.6 Å². The Balaban J connectivity index is 1.71. The number of hydrogen-bond donors (Lipinski definition) is 2. The second kappa shape index (κ2) is 10.9. The minimum Gasteiger partial charge on any atom is -0.326 e. The average molecular weight is 344 g/mol. The number of anilines is 2. The molecule has 1 fully saturated rings. The van der Waals surface area contributed by atoms with Gasteiger partial charge in [0, 0.05) is 23.7 Å². The van der Waals surface area contributed by atoms with E-state index >= 15 is 0 Å². The lowest BCUT2D eigenvalue weighted by atomic mass is 9.88. The van der Waals surface area contributed by atoms with Crippen LogP contribution in [-0.4, -0.2) is 11.8 Å². The molecule has 2 rings (SSSR count). The number of rotatable bonds is 9. The van der Waals surface area contributed by atoms with E-state index in [1.54, 1.807) is 0 Å². The van der Waals surface area contributed by atoms with Gasteiger partial charge in [0.05, 0.1) is 0 Å². The van der Waals surface area contributed by atoms with Crippen LogP contribution in [0, 0.1) is 5.92 Å². The lowest BCUT2D eigenvalue weighted by Gasteiger charge is -2.20. The molecular weight excluding hydrogens is 312 g/mol. The summed E-state index contributed by atoms with van der Waals surface area (Å²) in [5.41, 5.74) is 1.59. The molecule has 1 aliphatic rings. The molecule has 2 amide bonds. The Morgan fingerprint density at radius 3 is 2.12 bits per heavy atom. The summed E-state index contributed by atoms with van der Waals surface area (Å²) in [6.07, 6.45) is 11.9.